The van der Waals surface area contributed by atoms with Gasteiger partial charge in [0.05, 0.1) is 14.2 Å². The highest BCUT2D eigenvalue weighted by Crippen LogP contribution is 2.12. The van der Waals surface area contributed by atoms with Crippen LogP contribution in [-0.4, -0.2) is 39.1 Å². The SMILES string of the molecule is COc1ccc(CCNC(=O)C(=O)NCCc2cccc(OC)c2)cc1. The lowest BCUT2D eigenvalue weighted by atomic mass is 10.1. The van der Waals surface area contributed by atoms with E-state index in [4.69, 9.17) is 9.47 Å². The van der Waals surface area contributed by atoms with Crippen molar-refractivity contribution in [2.45, 2.75) is 12.8 Å². The molecule has 0 aliphatic rings. The van der Waals surface area contributed by atoms with Gasteiger partial charge in [0.1, 0.15) is 11.5 Å². The van der Waals surface area contributed by atoms with Crippen molar-refractivity contribution in [1.82, 2.24) is 10.6 Å². The monoisotopic (exact) mass is 356 g/mol. The molecule has 0 fully saturated rings. The Bertz CT molecular complexity index is 729. The molecule has 0 unspecified atom stereocenters. The smallest absolute Gasteiger partial charge is 0.309 e. The van der Waals surface area contributed by atoms with Gasteiger partial charge in [-0.2, -0.15) is 0 Å². The zero-order valence-corrected chi connectivity index (χ0v) is 15.1. The van der Waals surface area contributed by atoms with Crippen LogP contribution in [0, 0.1) is 0 Å². The maximum atomic E-state index is 11.8. The summed E-state index contributed by atoms with van der Waals surface area (Å²) in [5.74, 6) is 0.310. The number of hydrogen-bond acceptors (Lipinski definition) is 4. The number of ether oxygens (including phenoxy) is 2. The first kappa shape index (κ1) is 19.3. The maximum Gasteiger partial charge on any atom is 0.309 e. The van der Waals surface area contributed by atoms with Gasteiger partial charge in [-0.25, -0.2) is 0 Å². The molecule has 26 heavy (non-hydrogen) atoms. The summed E-state index contributed by atoms with van der Waals surface area (Å²) < 4.78 is 10.3. The molecule has 0 saturated heterocycles. The second-order valence-electron chi connectivity index (χ2n) is 5.71. The minimum absolute atomic E-state index is 0.387. The van der Waals surface area contributed by atoms with Crippen LogP contribution >= 0.6 is 0 Å². The topological polar surface area (TPSA) is 76.7 Å². The van der Waals surface area contributed by atoms with Crippen molar-refractivity contribution in [3.63, 3.8) is 0 Å². The van der Waals surface area contributed by atoms with Gasteiger partial charge < -0.3 is 20.1 Å². The summed E-state index contributed by atoms with van der Waals surface area (Å²) in [7, 11) is 3.22. The van der Waals surface area contributed by atoms with Gasteiger partial charge in [-0.15, -0.1) is 0 Å². The zero-order chi connectivity index (χ0) is 18.8. The largest absolute Gasteiger partial charge is 0.497 e. The van der Waals surface area contributed by atoms with Crippen LogP contribution in [0.4, 0.5) is 0 Å². The molecule has 0 spiro atoms. The van der Waals surface area contributed by atoms with Gasteiger partial charge in [-0.3, -0.25) is 9.59 Å². The molecule has 0 saturated carbocycles. The molecule has 0 heterocycles. The maximum absolute atomic E-state index is 11.8. The van der Waals surface area contributed by atoms with E-state index in [0.29, 0.717) is 25.9 Å². The van der Waals surface area contributed by atoms with E-state index < -0.39 is 11.8 Å². The predicted molar refractivity (Wildman–Crippen MR) is 99.4 cm³/mol. The fourth-order valence-corrected chi connectivity index (χ4v) is 2.42. The number of rotatable bonds is 8. The molecule has 6 nitrogen and oxygen atoms in total. The summed E-state index contributed by atoms with van der Waals surface area (Å²) in [6.45, 7) is 0.784. The zero-order valence-electron chi connectivity index (χ0n) is 15.1. The minimum atomic E-state index is -0.623. The molecule has 2 aromatic rings. The first-order valence-corrected chi connectivity index (χ1v) is 8.44. The summed E-state index contributed by atoms with van der Waals surface area (Å²) in [5.41, 5.74) is 2.09. The molecule has 0 bridgehead atoms. The summed E-state index contributed by atoms with van der Waals surface area (Å²) >= 11 is 0. The quantitative estimate of drug-likeness (QED) is 0.706. The van der Waals surface area contributed by atoms with Gasteiger partial charge in [-0.05, 0) is 48.2 Å². The molecule has 2 amide bonds. The molecule has 0 aliphatic heterocycles. The van der Waals surface area contributed by atoms with Crippen LogP contribution in [0.5, 0.6) is 11.5 Å². The van der Waals surface area contributed by atoms with Crippen molar-refractivity contribution in [3.8, 4) is 11.5 Å². The van der Waals surface area contributed by atoms with Crippen molar-refractivity contribution in [3.05, 3.63) is 59.7 Å². The van der Waals surface area contributed by atoms with E-state index in [1.54, 1.807) is 14.2 Å². The van der Waals surface area contributed by atoms with E-state index in [1.165, 1.54) is 0 Å². The molecule has 2 N–H and O–H groups in total. The van der Waals surface area contributed by atoms with Crippen LogP contribution < -0.4 is 20.1 Å². The molecule has 138 valence electrons. The highest BCUT2D eigenvalue weighted by Gasteiger charge is 2.12. The number of nitrogens with one attached hydrogen (secondary N) is 2. The Balaban J connectivity index is 1.67. The van der Waals surface area contributed by atoms with Gasteiger partial charge in [-0.1, -0.05) is 24.3 Å². The third-order valence-electron chi connectivity index (χ3n) is 3.90. The number of amides is 2. The van der Waals surface area contributed by atoms with Gasteiger partial charge in [0.25, 0.3) is 0 Å². The van der Waals surface area contributed by atoms with Crippen LogP contribution in [0.1, 0.15) is 11.1 Å². The van der Waals surface area contributed by atoms with Gasteiger partial charge >= 0.3 is 11.8 Å². The van der Waals surface area contributed by atoms with Crippen LogP contribution in [0.15, 0.2) is 48.5 Å². The van der Waals surface area contributed by atoms with Crippen molar-refractivity contribution in [2.75, 3.05) is 27.3 Å². The van der Waals surface area contributed by atoms with Gasteiger partial charge in [0.15, 0.2) is 0 Å². The van der Waals surface area contributed by atoms with Crippen molar-refractivity contribution >= 4 is 11.8 Å². The van der Waals surface area contributed by atoms with Crippen LogP contribution in [0.25, 0.3) is 0 Å². The Morgan fingerprint density at radius 3 is 1.92 bits per heavy atom. The Morgan fingerprint density at radius 1 is 0.769 bits per heavy atom. The number of hydrogen-bond donors (Lipinski definition) is 2. The fraction of sp³-hybridized carbons (Fsp3) is 0.300. The first-order valence-electron chi connectivity index (χ1n) is 8.44. The lowest BCUT2D eigenvalue weighted by molar-refractivity contribution is -0.139. The Labute approximate surface area is 153 Å². The predicted octanol–water partition coefficient (Wildman–Crippen LogP) is 1.72. The third kappa shape index (κ3) is 6.12. The number of methoxy groups -OCH3 is 2. The van der Waals surface area contributed by atoms with Crippen molar-refractivity contribution < 1.29 is 19.1 Å². The Morgan fingerprint density at radius 2 is 1.35 bits per heavy atom. The highest BCUT2D eigenvalue weighted by atomic mass is 16.5. The molecule has 2 rings (SSSR count). The number of benzene rings is 2. The van der Waals surface area contributed by atoms with Crippen LogP contribution in [0.3, 0.4) is 0 Å². The molecule has 2 aromatic carbocycles. The average molecular weight is 356 g/mol. The van der Waals surface area contributed by atoms with E-state index in [0.717, 1.165) is 22.6 Å². The van der Waals surface area contributed by atoms with E-state index in [1.807, 2.05) is 48.5 Å². The average Bonchev–Trinajstić information content (AvgIpc) is 2.68. The van der Waals surface area contributed by atoms with Gasteiger partial charge in [0, 0.05) is 13.1 Å². The van der Waals surface area contributed by atoms with Crippen LogP contribution in [0.2, 0.25) is 0 Å². The van der Waals surface area contributed by atoms with Gasteiger partial charge in [0.2, 0.25) is 0 Å². The van der Waals surface area contributed by atoms with E-state index in [2.05, 4.69) is 10.6 Å². The summed E-state index contributed by atoms with van der Waals surface area (Å²) in [4.78, 5) is 23.6. The minimum Gasteiger partial charge on any atom is -0.497 e. The summed E-state index contributed by atoms with van der Waals surface area (Å²) in [6.07, 6.45) is 1.27. The summed E-state index contributed by atoms with van der Waals surface area (Å²) in [6, 6.07) is 15.2. The van der Waals surface area contributed by atoms with E-state index >= 15 is 0 Å². The number of carbonyl (C=O) groups is 2. The Kier molecular flexibility index (Phi) is 7.49. The first-order chi connectivity index (χ1) is 12.6. The number of carbonyl (C=O) groups excluding carboxylic acids is 2. The van der Waals surface area contributed by atoms with Crippen LogP contribution in [-0.2, 0) is 22.4 Å². The summed E-state index contributed by atoms with van der Waals surface area (Å²) in [5, 5.41) is 5.25. The molecule has 0 aromatic heterocycles. The van der Waals surface area contributed by atoms with Crippen molar-refractivity contribution in [1.29, 1.82) is 0 Å². The lowest BCUT2D eigenvalue weighted by Gasteiger charge is -2.08. The molecular weight excluding hydrogens is 332 g/mol. The second-order valence-corrected chi connectivity index (χ2v) is 5.71. The van der Waals surface area contributed by atoms with E-state index in [-0.39, 0.29) is 0 Å². The third-order valence-corrected chi connectivity index (χ3v) is 3.90. The second kappa shape index (κ2) is 10.1. The molecule has 0 aliphatic carbocycles. The van der Waals surface area contributed by atoms with E-state index in [9.17, 15) is 9.59 Å². The standard InChI is InChI=1S/C20H24N2O4/c1-25-17-8-6-15(7-9-17)10-12-21-19(23)20(24)22-13-11-16-4-3-5-18(14-16)26-2/h3-9,14H,10-13H2,1-2H3,(H,21,23)(H,22,24). The molecule has 6 heteroatoms. The normalized spacial score (nSPS) is 10.1. The highest BCUT2D eigenvalue weighted by molar-refractivity contribution is 6.35. The fourth-order valence-electron chi connectivity index (χ4n) is 2.42. The molecular formula is C20H24N2O4. The Hall–Kier alpha value is -3.02. The van der Waals surface area contributed by atoms with Crippen molar-refractivity contribution in [2.24, 2.45) is 0 Å². The molecule has 0 atom stereocenters. The lowest BCUT2D eigenvalue weighted by Crippen LogP contribution is -2.41. The molecule has 0 radical (unpaired) electrons.